The highest BCUT2D eigenvalue weighted by molar-refractivity contribution is 6.21. The van der Waals surface area contributed by atoms with Crippen molar-refractivity contribution in [3.8, 4) is 0 Å². The molecule has 1 saturated heterocycles. The molecule has 7 nitrogen and oxygen atoms in total. The summed E-state index contributed by atoms with van der Waals surface area (Å²) >= 11 is 0. The Balaban J connectivity index is 1.38. The van der Waals surface area contributed by atoms with Crippen molar-refractivity contribution in [2.24, 2.45) is 5.92 Å². The molecule has 4 rings (SSSR count). The maximum absolute atomic E-state index is 12.6. The zero-order chi connectivity index (χ0) is 20.4. The van der Waals surface area contributed by atoms with E-state index in [9.17, 15) is 19.5 Å². The highest BCUT2D eigenvalue weighted by atomic mass is 16.6. The predicted molar refractivity (Wildman–Crippen MR) is 104 cm³/mol. The van der Waals surface area contributed by atoms with Crippen molar-refractivity contribution >= 4 is 17.9 Å². The lowest BCUT2D eigenvalue weighted by molar-refractivity contribution is 0.0180. The molecular formula is C22H22N2O5. The molecule has 2 heterocycles. The summed E-state index contributed by atoms with van der Waals surface area (Å²) < 4.78 is 5.36. The van der Waals surface area contributed by atoms with Gasteiger partial charge in [0.15, 0.2) is 0 Å². The minimum Gasteiger partial charge on any atom is -0.445 e. The van der Waals surface area contributed by atoms with Gasteiger partial charge in [0.05, 0.1) is 17.2 Å². The number of carbonyl (C=O) groups is 3. The zero-order valence-corrected chi connectivity index (χ0v) is 15.9. The summed E-state index contributed by atoms with van der Waals surface area (Å²) in [4.78, 5) is 40.3. The van der Waals surface area contributed by atoms with Crippen molar-refractivity contribution in [2.45, 2.75) is 19.1 Å². The lowest BCUT2D eigenvalue weighted by Crippen LogP contribution is -2.49. The Morgan fingerprint density at radius 2 is 1.59 bits per heavy atom. The first-order valence-electron chi connectivity index (χ1n) is 9.62. The van der Waals surface area contributed by atoms with E-state index in [2.05, 4.69) is 0 Å². The van der Waals surface area contributed by atoms with Crippen molar-refractivity contribution in [1.29, 1.82) is 0 Å². The molecule has 0 radical (unpaired) electrons. The van der Waals surface area contributed by atoms with E-state index in [1.807, 2.05) is 30.3 Å². The molecule has 0 aliphatic carbocycles. The van der Waals surface area contributed by atoms with Crippen LogP contribution < -0.4 is 0 Å². The number of hydrogen-bond acceptors (Lipinski definition) is 5. The van der Waals surface area contributed by atoms with Crippen molar-refractivity contribution < 1.29 is 24.2 Å². The number of aliphatic hydroxyl groups excluding tert-OH is 1. The fourth-order valence-electron chi connectivity index (χ4n) is 3.93. The summed E-state index contributed by atoms with van der Waals surface area (Å²) in [6.45, 7) is 0.797. The van der Waals surface area contributed by atoms with E-state index in [4.69, 9.17) is 4.74 Å². The summed E-state index contributed by atoms with van der Waals surface area (Å²) in [5, 5.41) is 10.2. The molecule has 1 fully saturated rings. The van der Waals surface area contributed by atoms with Crippen LogP contribution in [0.2, 0.25) is 0 Å². The van der Waals surface area contributed by atoms with Gasteiger partial charge >= 0.3 is 6.09 Å². The van der Waals surface area contributed by atoms with Crippen LogP contribution in [0.4, 0.5) is 4.79 Å². The molecule has 2 aliphatic rings. The molecule has 0 saturated carbocycles. The molecule has 0 unspecified atom stereocenters. The third-order valence-electron chi connectivity index (χ3n) is 5.30. The first kappa shape index (κ1) is 19.1. The first-order chi connectivity index (χ1) is 14.0. The number of ether oxygens (including phenoxy) is 1. The third kappa shape index (κ3) is 4.00. The topological polar surface area (TPSA) is 87.2 Å². The van der Waals surface area contributed by atoms with Gasteiger partial charge in [-0.2, -0.15) is 0 Å². The molecule has 150 valence electrons. The van der Waals surface area contributed by atoms with Crippen LogP contribution in [0.3, 0.4) is 0 Å². The fraction of sp³-hybridized carbons (Fsp3) is 0.318. The van der Waals surface area contributed by atoms with E-state index < -0.39 is 12.2 Å². The van der Waals surface area contributed by atoms with Gasteiger partial charge in [-0.25, -0.2) is 4.79 Å². The van der Waals surface area contributed by atoms with Crippen molar-refractivity contribution in [3.05, 3.63) is 71.3 Å². The number of amides is 3. The van der Waals surface area contributed by atoms with Crippen molar-refractivity contribution in [1.82, 2.24) is 9.80 Å². The predicted octanol–water partition coefficient (Wildman–Crippen LogP) is 2.30. The largest absolute Gasteiger partial charge is 0.445 e. The van der Waals surface area contributed by atoms with Gasteiger partial charge in [0.25, 0.3) is 11.8 Å². The van der Waals surface area contributed by atoms with Crippen LogP contribution in [0.25, 0.3) is 0 Å². The molecule has 0 spiro atoms. The van der Waals surface area contributed by atoms with Crippen LogP contribution in [0.1, 0.15) is 32.7 Å². The highest BCUT2D eigenvalue weighted by Crippen LogP contribution is 2.26. The SMILES string of the molecule is O=C(OCc1ccccc1)N1C[C@H](O)C[C@H](CN2C(=O)c3ccccc3C2=O)C1. The number of β-amino-alcohol motifs (C(OH)–C–C–N with tert-alkyl or cyclic N) is 1. The Morgan fingerprint density at radius 1 is 0.966 bits per heavy atom. The standard InChI is InChI=1S/C22H22N2O5/c25-17-10-16(12-24-20(26)18-8-4-5-9-19(18)21(24)27)11-23(13-17)22(28)29-14-15-6-2-1-3-7-15/h1-9,16-17,25H,10-14H2/t16-,17+/m0/s1. The number of hydrogen-bond donors (Lipinski definition) is 1. The molecule has 7 heteroatoms. The van der Waals surface area contributed by atoms with E-state index in [0.29, 0.717) is 24.1 Å². The Bertz CT molecular complexity index is 895. The average molecular weight is 394 g/mol. The van der Waals surface area contributed by atoms with E-state index in [1.165, 1.54) is 9.80 Å². The van der Waals surface area contributed by atoms with Gasteiger partial charge in [-0.3, -0.25) is 14.5 Å². The van der Waals surface area contributed by atoms with E-state index in [0.717, 1.165) is 5.56 Å². The number of aliphatic hydroxyl groups is 1. The number of imide groups is 1. The van der Waals surface area contributed by atoms with Crippen LogP contribution in [-0.2, 0) is 11.3 Å². The second-order valence-corrected chi connectivity index (χ2v) is 7.47. The summed E-state index contributed by atoms with van der Waals surface area (Å²) in [6.07, 6.45) is -0.830. The summed E-state index contributed by atoms with van der Waals surface area (Å²) in [7, 11) is 0. The Hall–Kier alpha value is -3.19. The van der Waals surface area contributed by atoms with Gasteiger partial charge in [0.1, 0.15) is 6.61 Å². The molecule has 3 amide bonds. The van der Waals surface area contributed by atoms with Crippen LogP contribution in [0.15, 0.2) is 54.6 Å². The summed E-state index contributed by atoms with van der Waals surface area (Å²) in [6, 6.07) is 16.1. The zero-order valence-electron chi connectivity index (χ0n) is 15.9. The molecule has 2 aromatic rings. The van der Waals surface area contributed by atoms with Crippen molar-refractivity contribution in [3.63, 3.8) is 0 Å². The number of nitrogens with zero attached hydrogens (tertiary/aromatic N) is 2. The summed E-state index contributed by atoms with van der Waals surface area (Å²) in [5.74, 6) is -0.877. The van der Waals surface area contributed by atoms with Gasteiger partial charge in [0.2, 0.25) is 0 Å². The fourth-order valence-corrected chi connectivity index (χ4v) is 3.93. The third-order valence-corrected chi connectivity index (χ3v) is 5.30. The Kier molecular flexibility index (Phi) is 5.31. The van der Waals surface area contributed by atoms with E-state index in [1.54, 1.807) is 24.3 Å². The molecule has 0 aromatic heterocycles. The minimum atomic E-state index is -0.729. The number of fused-ring (bicyclic) bond motifs is 1. The van der Waals surface area contributed by atoms with Gasteiger partial charge in [0, 0.05) is 19.6 Å². The average Bonchev–Trinajstić information content (AvgIpc) is 2.97. The van der Waals surface area contributed by atoms with Gasteiger partial charge in [-0.1, -0.05) is 42.5 Å². The molecule has 2 aliphatic heterocycles. The first-order valence-corrected chi connectivity index (χ1v) is 9.62. The second kappa shape index (κ2) is 8.05. The molecule has 29 heavy (non-hydrogen) atoms. The van der Waals surface area contributed by atoms with Crippen LogP contribution in [-0.4, -0.2) is 58.6 Å². The minimum absolute atomic E-state index is 0.148. The Labute approximate surface area is 168 Å². The maximum Gasteiger partial charge on any atom is 0.410 e. The lowest BCUT2D eigenvalue weighted by atomic mass is 9.95. The lowest BCUT2D eigenvalue weighted by Gasteiger charge is -2.36. The molecule has 2 aromatic carbocycles. The number of rotatable bonds is 4. The normalized spacial score (nSPS) is 21.3. The van der Waals surface area contributed by atoms with Crippen LogP contribution in [0.5, 0.6) is 0 Å². The van der Waals surface area contributed by atoms with E-state index in [-0.39, 0.29) is 37.4 Å². The molecule has 2 atom stereocenters. The van der Waals surface area contributed by atoms with Crippen LogP contribution in [0, 0.1) is 5.92 Å². The second-order valence-electron chi connectivity index (χ2n) is 7.47. The van der Waals surface area contributed by atoms with Crippen molar-refractivity contribution in [2.75, 3.05) is 19.6 Å². The van der Waals surface area contributed by atoms with Gasteiger partial charge in [-0.15, -0.1) is 0 Å². The monoisotopic (exact) mass is 394 g/mol. The molecule has 1 N–H and O–H groups in total. The number of carbonyl (C=O) groups excluding carboxylic acids is 3. The number of benzene rings is 2. The number of piperidine rings is 1. The van der Waals surface area contributed by atoms with Gasteiger partial charge in [-0.05, 0) is 30.0 Å². The smallest absolute Gasteiger partial charge is 0.410 e. The summed E-state index contributed by atoms with van der Waals surface area (Å²) in [5.41, 5.74) is 1.67. The highest BCUT2D eigenvalue weighted by Gasteiger charge is 2.38. The quantitative estimate of drug-likeness (QED) is 0.804. The van der Waals surface area contributed by atoms with E-state index >= 15 is 0 Å². The number of likely N-dealkylation sites (tertiary alicyclic amines) is 1. The van der Waals surface area contributed by atoms with Gasteiger partial charge < -0.3 is 14.7 Å². The maximum atomic E-state index is 12.6. The molecular weight excluding hydrogens is 372 g/mol. The Morgan fingerprint density at radius 3 is 2.24 bits per heavy atom. The van der Waals surface area contributed by atoms with Crippen LogP contribution >= 0.6 is 0 Å². The molecule has 0 bridgehead atoms.